The third-order valence-electron chi connectivity index (χ3n) is 4.36. The van der Waals surface area contributed by atoms with Gasteiger partial charge in [-0.2, -0.15) is 0 Å². The topological polar surface area (TPSA) is 46.2 Å². The highest BCUT2D eigenvalue weighted by Crippen LogP contribution is 2.32. The molecule has 0 unspecified atom stereocenters. The molecule has 1 fully saturated rings. The van der Waals surface area contributed by atoms with Crippen molar-refractivity contribution in [1.29, 1.82) is 0 Å². The van der Waals surface area contributed by atoms with Crippen LogP contribution < -0.4 is 5.32 Å². The van der Waals surface area contributed by atoms with E-state index in [-0.39, 0.29) is 0 Å². The van der Waals surface area contributed by atoms with E-state index >= 15 is 0 Å². The van der Waals surface area contributed by atoms with Crippen LogP contribution in [0.4, 0.5) is 5.69 Å². The van der Waals surface area contributed by atoms with Crippen LogP contribution in [-0.4, -0.2) is 20.7 Å². The molecule has 112 valence electrons. The summed E-state index contributed by atoms with van der Waals surface area (Å²) in [6.07, 6.45) is 5.98. The summed E-state index contributed by atoms with van der Waals surface area (Å²) in [5.41, 5.74) is 0.753. The fourth-order valence-electron chi connectivity index (χ4n) is 3.06. The molecular weight excluding hydrogens is 270 g/mol. The Balaban J connectivity index is 2.06. The quantitative estimate of drug-likeness (QED) is 0.921. The number of hydrogen-bond donors (Lipinski definition) is 1. The fraction of sp³-hybridized carbons (Fsp3) is 0.625. The second kappa shape index (κ2) is 6.17. The minimum Gasteiger partial charge on any atom is -0.381 e. The van der Waals surface area contributed by atoms with Crippen LogP contribution in [0.25, 0.3) is 0 Å². The molecule has 0 amide bonds. The van der Waals surface area contributed by atoms with E-state index in [4.69, 9.17) is 0 Å². The minimum absolute atomic E-state index is 0.396. The summed E-state index contributed by atoms with van der Waals surface area (Å²) in [5.74, 6) is 1.57. The van der Waals surface area contributed by atoms with E-state index in [0.717, 1.165) is 30.4 Å². The van der Waals surface area contributed by atoms with Crippen molar-refractivity contribution in [3.8, 4) is 0 Å². The lowest BCUT2D eigenvalue weighted by Gasteiger charge is -2.32. The first-order valence-corrected chi connectivity index (χ1v) is 9.32. The van der Waals surface area contributed by atoms with Gasteiger partial charge in [0.05, 0.1) is 10.6 Å². The highest BCUT2D eigenvalue weighted by atomic mass is 32.2. The SMILES string of the molecule is CC(C)C1CCC(Nc2ccccc2S(C)(=O)=O)CC1. The van der Waals surface area contributed by atoms with Gasteiger partial charge in [-0.15, -0.1) is 0 Å². The summed E-state index contributed by atoms with van der Waals surface area (Å²) < 4.78 is 23.6. The maximum absolute atomic E-state index is 11.8. The van der Waals surface area contributed by atoms with Gasteiger partial charge in [-0.3, -0.25) is 0 Å². The van der Waals surface area contributed by atoms with Gasteiger partial charge in [0.25, 0.3) is 0 Å². The van der Waals surface area contributed by atoms with E-state index in [1.807, 2.05) is 12.1 Å². The number of benzene rings is 1. The fourth-order valence-corrected chi connectivity index (χ4v) is 3.91. The highest BCUT2D eigenvalue weighted by molar-refractivity contribution is 7.90. The van der Waals surface area contributed by atoms with E-state index in [1.54, 1.807) is 12.1 Å². The van der Waals surface area contributed by atoms with E-state index in [9.17, 15) is 8.42 Å². The minimum atomic E-state index is -3.17. The Morgan fingerprint density at radius 2 is 1.70 bits per heavy atom. The monoisotopic (exact) mass is 295 g/mol. The second-order valence-electron chi connectivity index (χ2n) is 6.27. The lowest BCUT2D eigenvalue weighted by Crippen LogP contribution is -2.28. The molecule has 1 aliphatic rings. The molecule has 2 rings (SSSR count). The normalized spacial score (nSPS) is 23.8. The summed E-state index contributed by atoms with van der Waals surface area (Å²) in [4.78, 5) is 0.408. The Morgan fingerprint density at radius 3 is 2.25 bits per heavy atom. The molecule has 0 spiro atoms. The summed E-state index contributed by atoms with van der Waals surface area (Å²) in [6.45, 7) is 4.58. The van der Waals surface area contributed by atoms with E-state index in [2.05, 4.69) is 19.2 Å². The van der Waals surface area contributed by atoms with Gasteiger partial charge < -0.3 is 5.32 Å². The Kier molecular flexibility index (Phi) is 4.74. The van der Waals surface area contributed by atoms with Crippen molar-refractivity contribution in [2.45, 2.75) is 50.5 Å². The van der Waals surface area contributed by atoms with Crippen LogP contribution in [0.3, 0.4) is 0 Å². The first-order valence-electron chi connectivity index (χ1n) is 7.43. The first kappa shape index (κ1) is 15.4. The lowest BCUT2D eigenvalue weighted by atomic mass is 9.79. The number of para-hydroxylation sites is 1. The smallest absolute Gasteiger partial charge is 0.177 e. The molecule has 20 heavy (non-hydrogen) atoms. The highest BCUT2D eigenvalue weighted by Gasteiger charge is 2.24. The molecule has 0 saturated heterocycles. The summed E-state index contributed by atoms with van der Waals surface area (Å²) >= 11 is 0. The third kappa shape index (κ3) is 3.75. The van der Waals surface area contributed by atoms with Crippen LogP contribution in [0, 0.1) is 11.8 Å². The maximum Gasteiger partial charge on any atom is 0.177 e. The molecule has 0 atom stereocenters. The largest absolute Gasteiger partial charge is 0.381 e. The van der Waals surface area contributed by atoms with Crippen molar-refractivity contribution in [2.24, 2.45) is 11.8 Å². The van der Waals surface area contributed by atoms with Gasteiger partial charge in [0, 0.05) is 12.3 Å². The molecule has 0 bridgehead atoms. The van der Waals surface area contributed by atoms with Crippen molar-refractivity contribution < 1.29 is 8.42 Å². The summed E-state index contributed by atoms with van der Waals surface area (Å²) in [7, 11) is -3.17. The number of rotatable bonds is 4. The average molecular weight is 295 g/mol. The molecular formula is C16H25NO2S. The lowest BCUT2D eigenvalue weighted by molar-refractivity contribution is 0.267. The average Bonchev–Trinajstić information content (AvgIpc) is 2.38. The van der Waals surface area contributed by atoms with Crippen LogP contribution in [0.1, 0.15) is 39.5 Å². The molecule has 1 aliphatic carbocycles. The molecule has 1 aromatic carbocycles. The Bertz CT molecular complexity index is 543. The van der Waals surface area contributed by atoms with Crippen molar-refractivity contribution >= 4 is 15.5 Å². The van der Waals surface area contributed by atoms with Crippen molar-refractivity contribution in [1.82, 2.24) is 0 Å². The zero-order chi connectivity index (χ0) is 14.8. The van der Waals surface area contributed by atoms with Gasteiger partial charge in [0.1, 0.15) is 0 Å². The molecule has 1 aromatic rings. The molecule has 4 heteroatoms. The zero-order valence-electron chi connectivity index (χ0n) is 12.6. The Labute approximate surface area is 122 Å². The number of nitrogens with one attached hydrogen (secondary N) is 1. The van der Waals surface area contributed by atoms with E-state index < -0.39 is 9.84 Å². The van der Waals surface area contributed by atoms with Gasteiger partial charge in [0.2, 0.25) is 0 Å². The predicted octanol–water partition coefficient (Wildman–Crippen LogP) is 3.72. The zero-order valence-corrected chi connectivity index (χ0v) is 13.4. The molecule has 0 radical (unpaired) electrons. The molecule has 0 aromatic heterocycles. The third-order valence-corrected chi connectivity index (χ3v) is 5.52. The first-order chi connectivity index (χ1) is 9.38. The van der Waals surface area contributed by atoms with Gasteiger partial charge in [0.15, 0.2) is 9.84 Å². The molecule has 1 N–H and O–H groups in total. The number of hydrogen-bond acceptors (Lipinski definition) is 3. The number of anilines is 1. The van der Waals surface area contributed by atoms with Crippen molar-refractivity contribution in [2.75, 3.05) is 11.6 Å². The van der Waals surface area contributed by atoms with Gasteiger partial charge >= 0.3 is 0 Å². The Hall–Kier alpha value is -1.03. The van der Waals surface area contributed by atoms with Gasteiger partial charge in [-0.05, 0) is 49.7 Å². The standard InChI is InChI=1S/C16H25NO2S/c1-12(2)13-8-10-14(11-9-13)17-15-6-4-5-7-16(15)20(3,18)19/h4-7,12-14,17H,8-11H2,1-3H3. The van der Waals surface area contributed by atoms with Gasteiger partial charge in [-0.25, -0.2) is 8.42 Å². The summed E-state index contributed by atoms with van der Waals surface area (Å²) in [5, 5.41) is 3.44. The van der Waals surface area contributed by atoms with Crippen LogP contribution in [0.5, 0.6) is 0 Å². The second-order valence-corrected chi connectivity index (χ2v) is 8.25. The molecule has 0 aliphatic heterocycles. The maximum atomic E-state index is 11.8. The van der Waals surface area contributed by atoms with Crippen LogP contribution in [0.2, 0.25) is 0 Å². The molecule has 1 saturated carbocycles. The Morgan fingerprint density at radius 1 is 1.10 bits per heavy atom. The van der Waals surface area contributed by atoms with Crippen LogP contribution in [0.15, 0.2) is 29.2 Å². The van der Waals surface area contributed by atoms with Crippen molar-refractivity contribution in [3.05, 3.63) is 24.3 Å². The van der Waals surface area contributed by atoms with Gasteiger partial charge in [-0.1, -0.05) is 26.0 Å². The van der Waals surface area contributed by atoms with Crippen molar-refractivity contribution in [3.63, 3.8) is 0 Å². The number of sulfone groups is 1. The molecule has 0 heterocycles. The van der Waals surface area contributed by atoms with Crippen LogP contribution >= 0.6 is 0 Å². The summed E-state index contributed by atoms with van der Waals surface area (Å²) in [6, 6.07) is 7.60. The molecule has 3 nitrogen and oxygen atoms in total. The van der Waals surface area contributed by atoms with E-state index in [0.29, 0.717) is 10.9 Å². The van der Waals surface area contributed by atoms with Crippen LogP contribution in [-0.2, 0) is 9.84 Å². The van der Waals surface area contributed by atoms with E-state index in [1.165, 1.54) is 19.1 Å². The predicted molar refractivity (Wildman–Crippen MR) is 83.8 cm³/mol.